The molecule has 1 unspecified atom stereocenters. The average Bonchev–Trinajstić information content (AvgIpc) is 2.35. The van der Waals surface area contributed by atoms with E-state index in [0.717, 1.165) is 24.9 Å². The molecule has 0 N–H and O–H groups in total. The van der Waals surface area contributed by atoms with Gasteiger partial charge in [-0.3, -0.25) is 4.79 Å². The molecule has 0 aliphatic rings. The molecule has 0 fully saturated rings. The number of rotatable bonds is 6. The molecular weight excluding hydrogens is 198 g/mol. The molecule has 0 saturated carbocycles. The van der Waals surface area contributed by atoms with Crippen molar-refractivity contribution in [2.45, 2.75) is 27.2 Å². The van der Waals surface area contributed by atoms with E-state index in [1.165, 1.54) is 12.1 Å². The molecule has 0 aliphatic heterocycles. The normalized spacial score (nSPS) is 12.2. The van der Waals surface area contributed by atoms with E-state index in [1.807, 2.05) is 24.3 Å². The summed E-state index contributed by atoms with van der Waals surface area (Å²) in [5, 5.41) is 0. The second-order valence-electron chi connectivity index (χ2n) is 4.26. The standard InChI is InChI=1S/C14H21NO/c1-4-12(3)10-15(5-2)14-8-6-13(11-16)7-9-14/h6-9,11-12H,4-5,10H2,1-3H3. The summed E-state index contributed by atoms with van der Waals surface area (Å²) in [6.45, 7) is 8.73. The zero-order valence-electron chi connectivity index (χ0n) is 10.4. The van der Waals surface area contributed by atoms with Crippen molar-refractivity contribution in [1.29, 1.82) is 0 Å². The third kappa shape index (κ3) is 3.37. The molecule has 2 nitrogen and oxygen atoms in total. The lowest BCUT2D eigenvalue weighted by atomic mass is 10.1. The molecule has 0 amide bonds. The van der Waals surface area contributed by atoms with Crippen LogP contribution in [0.25, 0.3) is 0 Å². The number of benzene rings is 1. The predicted molar refractivity (Wildman–Crippen MR) is 69.2 cm³/mol. The van der Waals surface area contributed by atoms with Gasteiger partial charge in [-0.1, -0.05) is 20.3 Å². The Bertz CT molecular complexity index is 318. The Morgan fingerprint density at radius 3 is 2.31 bits per heavy atom. The van der Waals surface area contributed by atoms with Gasteiger partial charge in [0.05, 0.1) is 0 Å². The van der Waals surface area contributed by atoms with Crippen LogP contribution in [-0.2, 0) is 0 Å². The van der Waals surface area contributed by atoms with Crippen LogP contribution in [0, 0.1) is 5.92 Å². The topological polar surface area (TPSA) is 20.3 Å². The Morgan fingerprint density at radius 2 is 1.88 bits per heavy atom. The largest absolute Gasteiger partial charge is 0.372 e. The number of carbonyl (C=O) groups excluding carboxylic acids is 1. The SMILES string of the molecule is CCC(C)CN(CC)c1ccc(C=O)cc1. The van der Waals surface area contributed by atoms with Crippen LogP contribution in [0.15, 0.2) is 24.3 Å². The van der Waals surface area contributed by atoms with Gasteiger partial charge in [0.2, 0.25) is 0 Å². The zero-order chi connectivity index (χ0) is 12.0. The van der Waals surface area contributed by atoms with E-state index in [1.54, 1.807) is 0 Å². The minimum Gasteiger partial charge on any atom is -0.372 e. The van der Waals surface area contributed by atoms with Crippen molar-refractivity contribution in [3.63, 3.8) is 0 Å². The number of nitrogens with zero attached hydrogens (tertiary/aromatic N) is 1. The van der Waals surface area contributed by atoms with Gasteiger partial charge in [-0.15, -0.1) is 0 Å². The molecule has 16 heavy (non-hydrogen) atoms. The van der Waals surface area contributed by atoms with Crippen molar-refractivity contribution < 1.29 is 4.79 Å². The summed E-state index contributed by atoms with van der Waals surface area (Å²) in [5.74, 6) is 0.700. The molecular formula is C14H21NO. The van der Waals surface area contributed by atoms with E-state index in [2.05, 4.69) is 25.7 Å². The molecule has 1 aromatic rings. The lowest BCUT2D eigenvalue weighted by Crippen LogP contribution is -2.27. The predicted octanol–water partition coefficient (Wildman–Crippen LogP) is 3.37. The molecule has 1 rings (SSSR count). The van der Waals surface area contributed by atoms with Gasteiger partial charge in [-0.2, -0.15) is 0 Å². The van der Waals surface area contributed by atoms with Gasteiger partial charge in [0, 0.05) is 24.3 Å². The molecule has 0 aromatic heterocycles. The smallest absolute Gasteiger partial charge is 0.150 e. The fraction of sp³-hybridized carbons (Fsp3) is 0.500. The van der Waals surface area contributed by atoms with Crippen molar-refractivity contribution in [3.05, 3.63) is 29.8 Å². The van der Waals surface area contributed by atoms with E-state index in [-0.39, 0.29) is 0 Å². The molecule has 2 heteroatoms. The lowest BCUT2D eigenvalue weighted by molar-refractivity contribution is 0.112. The summed E-state index contributed by atoms with van der Waals surface area (Å²) in [6.07, 6.45) is 2.08. The highest BCUT2D eigenvalue weighted by molar-refractivity contribution is 5.75. The number of hydrogen-bond acceptors (Lipinski definition) is 2. The van der Waals surface area contributed by atoms with Crippen LogP contribution in [0.4, 0.5) is 5.69 Å². The highest BCUT2D eigenvalue weighted by atomic mass is 16.1. The molecule has 1 atom stereocenters. The third-order valence-corrected chi connectivity index (χ3v) is 3.01. The first kappa shape index (κ1) is 12.8. The minimum absolute atomic E-state index is 0.700. The highest BCUT2D eigenvalue weighted by Gasteiger charge is 2.07. The molecule has 0 heterocycles. The fourth-order valence-electron chi connectivity index (χ4n) is 1.69. The highest BCUT2D eigenvalue weighted by Crippen LogP contribution is 2.17. The Morgan fingerprint density at radius 1 is 1.25 bits per heavy atom. The van der Waals surface area contributed by atoms with Gasteiger partial charge in [0.25, 0.3) is 0 Å². The van der Waals surface area contributed by atoms with Crippen LogP contribution >= 0.6 is 0 Å². The van der Waals surface area contributed by atoms with Crippen molar-refractivity contribution in [3.8, 4) is 0 Å². The van der Waals surface area contributed by atoms with Crippen molar-refractivity contribution in [2.75, 3.05) is 18.0 Å². The van der Waals surface area contributed by atoms with Crippen LogP contribution in [0.3, 0.4) is 0 Å². The van der Waals surface area contributed by atoms with E-state index in [4.69, 9.17) is 0 Å². The van der Waals surface area contributed by atoms with Gasteiger partial charge in [-0.05, 0) is 37.1 Å². The van der Waals surface area contributed by atoms with Gasteiger partial charge in [0.15, 0.2) is 0 Å². The maximum absolute atomic E-state index is 10.6. The second-order valence-corrected chi connectivity index (χ2v) is 4.26. The van der Waals surface area contributed by atoms with Crippen LogP contribution < -0.4 is 4.90 Å². The monoisotopic (exact) mass is 219 g/mol. The third-order valence-electron chi connectivity index (χ3n) is 3.01. The fourth-order valence-corrected chi connectivity index (χ4v) is 1.69. The Balaban J connectivity index is 2.74. The van der Waals surface area contributed by atoms with E-state index in [9.17, 15) is 4.79 Å². The van der Waals surface area contributed by atoms with Crippen LogP contribution in [0.5, 0.6) is 0 Å². The van der Waals surface area contributed by atoms with Crippen molar-refractivity contribution in [2.24, 2.45) is 5.92 Å². The van der Waals surface area contributed by atoms with Crippen LogP contribution in [0.1, 0.15) is 37.6 Å². The number of carbonyl (C=O) groups is 1. The average molecular weight is 219 g/mol. The molecule has 88 valence electrons. The summed E-state index contributed by atoms with van der Waals surface area (Å²) in [5.41, 5.74) is 1.94. The van der Waals surface area contributed by atoms with E-state index >= 15 is 0 Å². The summed E-state index contributed by atoms with van der Waals surface area (Å²) in [6, 6.07) is 7.80. The molecule has 0 radical (unpaired) electrons. The number of hydrogen-bond donors (Lipinski definition) is 0. The molecule has 0 bridgehead atoms. The quantitative estimate of drug-likeness (QED) is 0.684. The van der Waals surface area contributed by atoms with Gasteiger partial charge in [0.1, 0.15) is 6.29 Å². The van der Waals surface area contributed by atoms with E-state index < -0.39 is 0 Å². The van der Waals surface area contributed by atoms with E-state index in [0.29, 0.717) is 5.92 Å². The van der Waals surface area contributed by atoms with Crippen molar-refractivity contribution in [1.82, 2.24) is 0 Å². The molecule has 0 saturated heterocycles. The summed E-state index contributed by atoms with van der Waals surface area (Å²) in [7, 11) is 0. The van der Waals surface area contributed by atoms with Gasteiger partial charge < -0.3 is 4.90 Å². The van der Waals surface area contributed by atoms with Crippen molar-refractivity contribution >= 4 is 12.0 Å². The molecule has 1 aromatic carbocycles. The molecule has 0 spiro atoms. The maximum Gasteiger partial charge on any atom is 0.150 e. The zero-order valence-corrected chi connectivity index (χ0v) is 10.4. The minimum atomic E-state index is 0.700. The second kappa shape index (κ2) is 6.31. The summed E-state index contributed by atoms with van der Waals surface area (Å²) in [4.78, 5) is 12.9. The van der Waals surface area contributed by atoms with Gasteiger partial charge >= 0.3 is 0 Å². The number of anilines is 1. The lowest BCUT2D eigenvalue weighted by Gasteiger charge is -2.26. The maximum atomic E-state index is 10.6. The van der Waals surface area contributed by atoms with Crippen LogP contribution in [-0.4, -0.2) is 19.4 Å². The Kier molecular flexibility index (Phi) is 5.03. The van der Waals surface area contributed by atoms with Crippen LogP contribution in [0.2, 0.25) is 0 Å². The summed E-state index contributed by atoms with van der Waals surface area (Å²) < 4.78 is 0. The first-order valence-corrected chi connectivity index (χ1v) is 6.01. The summed E-state index contributed by atoms with van der Waals surface area (Å²) >= 11 is 0. The van der Waals surface area contributed by atoms with Gasteiger partial charge in [-0.25, -0.2) is 0 Å². The Labute approximate surface area is 98.3 Å². The first-order chi connectivity index (χ1) is 7.71. The number of aldehydes is 1. The first-order valence-electron chi connectivity index (χ1n) is 6.01. The molecule has 0 aliphatic carbocycles. The Hall–Kier alpha value is -1.31.